The van der Waals surface area contributed by atoms with E-state index in [1.807, 2.05) is 24.3 Å². The van der Waals surface area contributed by atoms with Crippen LogP contribution in [-0.4, -0.2) is 42.4 Å². The third-order valence-electron chi connectivity index (χ3n) is 3.11. The lowest BCUT2D eigenvalue weighted by Gasteiger charge is -2.17. The minimum atomic E-state index is 0.0678. The van der Waals surface area contributed by atoms with Crippen molar-refractivity contribution >= 4 is 16.9 Å². The van der Waals surface area contributed by atoms with Gasteiger partial charge in [0, 0.05) is 7.11 Å². The molecule has 0 saturated carbocycles. The predicted molar refractivity (Wildman–Crippen MR) is 68.6 cm³/mol. The van der Waals surface area contributed by atoms with Crippen LogP contribution < -0.4 is 5.32 Å². The number of benzene rings is 1. The maximum Gasteiger partial charge on any atom is 0.145 e. The number of hydrogen-bond acceptors (Lipinski definition) is 5. The molecule has 0 spiro atoms. The first kappa shape index (κ1) is 11.4. The average Bonchev–Trinajstić information content (AvgIpc) is 2.86. The van der Waals surface area contributed by atoms with Crippen LogP contribution in [0.3, 0.4) is 0 Å². The zero-order valence-electron chi connectivity index (χ0n) is 10.2. The van der Waals surface area contributed by atoms with Crippen molar-refractivity contribution in [1.29, 1.82) is 0 Å². The van der Waals surface area contributed by atoms with E-state index >= 15 is 0 Å². The Labute approximate surface area is 105 Å². The first-order chi connectivity index (χ1) is 8.86. The molecule has 1 N–H and O–H groups in total. The van der Waals surface area contributed by atoms with Crippen molar-refractivity contribution in [2.24, 2.45) is 0 Å². The number of methoxy groups -OCH3 is 1. The first-order valence-electron chi connectivity index (χ1n) is 5.95. The molecule has 18 heavy (non-hydrogen) atoms. The van der Waals surface area contributed by atoms with Gasteiger partial charge < -0.3 is 14.8 Å². The average molecular weight is 245 g/mol. The van der Waals surface area contributed by atoms with Gasteiger partial charge >= 0.3 is 0 Å². The zero-order valence-corrected chi connectivity index (χ0v) is 10.2. The summed E-state index contributed by atoms with van der Waals surface area (Å²) in [6.07, 6.45) is 1.81. The van der Waals surface area contributed by atoms with Crippen LogP contribution in [0.5, 0.6) is 0 Å². The molecule has 1 saturated heterocycles. The Morgan fingerprint density at radius 3 is 2.94 bits per heavy atom. The number of ether oxygens (including phenoxy) is 2. The van der Waals surface area contributed by atoms with Crippen molar-refractivity contribution in [3.8, 4) is 0 Å². The summed E-state index contributed by atoms with van der Waals surface area (Å²) in [6, 6.07) is 7.94. The monoisotopic (exact) mass is 245 g/mol. The molecular weight excluding hydrogens is 230 g/mol. The van der Waals surface area contributed by atoms with E-state index in [2.05, 4.69) is 15.3 Å². The molecule has 0 bridgehead atoms. The minimum Gasteiger partial charge on any atom is -0.377 e. The van der Waals surface area contributed by atoms with E-state index < -0.39 is 0 Å². The van der Waals surface area contributed by atoms with Gasteiger partial charge in [0.2, 0.25) is 0 Å². The summed E-state index contributed by atoms with van der Waals surface area (Å²) in [5.41, 5.74) is 1.78. The quantitative estimate of drug-likeness (QED) is 0.887. The van der Waals surface area contributed by atoms with E-state index in [9.17, 15) is 0 Å². The molecule has 1 aliphatic heterocycles. The molecule has 5 heteroatoms. The van der Waals surface area contributed by atoms with Gasteiger partial charge in [-0.05, 0) is 12.1 Å². The normalized spacial score (nSPS) is 23.4. The molecule has 3 rings (SSSR count). The second-order valence-electron chi connectivity index (χ2n) is 4.31. The van der Waals surface area contributed by atoms with E-state index in [0.29, 0.717) is 13.2 Å². The third kappa shape index (κ3) is 2.14. The number of para-hydroxylation sites is 2. The lowest BCUT2D eigenvalue weighted by atomic mass is 10.2. The van der Waals surface area contributed by atoms with E-state index in [-0.39, 0.29) is 12.1 Å². The maximum absolute atomic E-state index is 5.38. The highest BCUT2D eigenvalue weighted by atomic mass is 16.5. The summed E-state index contributed by atoms with van der Waals surface area (Å²) in [5, 5.41) is 3.31. The van der Waals surface area contributed by atoms with Crippen LogP contribution in [0.4, 0.5) is 5.82 Å². The second-order valence-corrected chi connectivity index (χ2v) is 4.31. The molecule has 0 aliphatic carbocycles. The van der Waals surface area contributed by atoms with Gasteiger partial charge in [-0.25, -0.2) is 4.98 Å². The van der Waals surface area contributed by atoms with Gasteiger partial charge in [0.1, 0.15) is 11.9 Å². The number of hydrogen-bond donors (Lipinski definition) is 1. The summed E-state index contributed by atoms with van der Waals surface area (Å²) >= 11 is 0. The molecule has 0 radical (unpaired) electrons. The number of rotatable bonds is 3. The summed E-state index contributed by atoms with van der Waals surface area (Å²) in [4.78, 5) is 8.89. The number of aromatic nitrogens is 2. The molecule has 1 aliphatic rings. The van der Waals surface area contributed by atoms with Gasteiger partial charge in [-0.15, -0.1) is 0 Å². The van der Waals surface area contributed by atoms with Crippen molar-refractivity contribution in [2.45, 2.75) is 12.1 Å². The molecule has 2 atom stereocenters. The van der Waals surface area contributed by atoms with E-state index in [1.165, 1.54) is 0 Å². The summed E-state index contributed by atoms with van der Waals surface area (Å²) in [6.45, 7) is 1.25. The molecule has 0 unspecified atom stereocenters. The molecule has 0 amide bonds. The van der Waals surface area contributed by atoms with Gasteiger partial charge in [0.15, 0.2) is 0 Å². The molecule has 2 heterocycles. The molecule has 1 aromatic carbocycles. The van der Waals surface area contributed by atoms with E-state index in [1.54, 1.807) is 13.3 Å². The largest absolute Gasteiger partial charge is 0.377 e. The fourth-order valence-electron chi connectivity index (χ4n) is 2.12. The van der Waals surface area contributed by atoms with Crippen molar-refractivity contribution < 1.29 is 9.47 Å². The Bertz CT molecular complexity index is 547. The number of anilines is 1. The first-order valence-corrected chi connectivity index (χ1v) is 5.95. The Hall–Kier alpha value is -1.72. The Morgan fingerprint density at radius 1 is 1.28 bits per heavy atom. The summed E-state index contributed by atoms with van der Waals surface area (Å²) in [5.74, 6) is 0.756. The Balaban J connectivity index is 1.82. The van der Waals surface area contributed by atoms with Crippen LogP contribution in [0.1, 0.15) is 0 Å². The summed E-state index contributed by atoms with van der Waals surface area (Å²) in [7, 11) is 1.69. The van der Waals surface area contributed by atoms with Gasteiger partial charge in [-0.3, -0.25) is 4.98 Å². The van der Waals surface area contributed by atoms with Gasteiger partial charge in [0.05, 0.1) is 36.5 Å². The zero-order chi connectivity index (χ0) is 12.4. The number of fused-ring (bicyclic) bond motifs is 1. The van der Waals surface area contributed by atoms with Crippen LogP contribution in [0.2, 0.25) is 0 Å². The van der Waals surface area contributed by atoms with Gasteiger partial charge in [-0.1, -0.05) is 12.1 Å². The van der Waals surface area contributed by atoms with E-state index in [4.69, 9.17) is 9.47 Å². The molecule has 94 valence electrons. The molecule has 5 nitrogen and oxygen atoms in total. The fraction of sp³-hybridized carbons (Fsp3) is 0.385. The van der Waals surface area contributed by atoms with E-state index in [0.717, 1.165) is 16.9 Å². The molecule has 1 aromatic heterocycles. The third-order valence-corrected chi connectivity index (χ3v) is 3.11. The van der Waals surface area contributed by atoms with Crippen molar-refractivity contribution in [3.63, 3.8) is 0 Å². The molecule has 2 aromatic rings. The summed E-state index contributed by atoms with van der Waals surface area (Å²) < 4.78 is 10.7. The number of nitrogens with one attached hydrogen (secondary N) is 1. The predicted octanol–water partition coefficient (Wildman–Crippen LogP) is 1.46. The van der Waals surface area contributed by atoms with Crippen molar-refractivity contribution in [3.05, 3.63) is 30.5 Å². The second kappa shape index (κ2) is 4.88. The highest BCUT2D eigenvalue weighted by Crippen LogP contribution is 2.16. The highest BCUT2D eigenvalue weighted by molar-refractivity contribution is 5.75. The topological polar surface area (TPSA) is 56.3 Å². The lowest BCUT2D eigenvalue weighted by Crippen LogP contribution is -2.33. The standard InChI is InChI=1S/C13H15N3O2/c1-17-12-8-18-7-11(12)16-13-6-14-9-4-2-3-5-10(9)15-13/h2-6,11-12H,7-8H2,1H3,(H,15,16)/t11-,12-/m0/s1. The Morgan fingerprint density at radius 2 is 2.11 bits per heavy atom. The smallest absolute Gasteiger partial charge is 0.145 e. The number of nitrogens with zero attached hydrogens (tertiary/aromatic N) is 2. The molecule has 1 fully saturated rings. The highest BCUT2D eigenvalue weighted by Gasteiger charge is 2.28. The SMILES string of the molecule is CO[C@H]1COC[C@@H]1Nc1cnc2ccccc2n1. The fourth-order valence-corrected chi connectivity index (χ4v) is 2.12. The minimum absolute atomic E-state index is 0.0678. The van der Waals surface area contributed by atoms with Crippen LogP contribution in [0, 0.1) is 0 Å². The van der Waals surface area contributed by atoms with Crippen LogP contribution in [0.25, 0.3) is 11.0 Å². The lowest BCUT2D eigenvalue weighted by molar-refractivity contribution is 0.0795. The van der Waals surface area contributed by atoms with Gasteiger partial charge in [0.25, 0.3) is 0 Å². The molecular formula is C13H15N3O2. The van der Waals surface area contributed by atoms with Crippen LogP contribution >= 0.6 is 0 Å². The van der Waals surface area contributed by atoms with Crippen molar-refractivity contribution in [1.82, 2.24) is 9.97 Å². The van der Waals surface area contributed by atoms with Crippen molar-refractivity contribution in [2.75, 3.05) is 25.6 Å². The maximum atomic E-state index is 5.38. The van der Waals surface area contributed by atoms with Crippen LogP contribution in [-0.2, 0) is 9.47 Å². The van der Waals surface area contributed by atoms with Gasteiger partial charge in [-0.2, -0.15) is 0 Å². The van der Waals surface area contributed by atoms with Crippen LogP contribution in [0.15, 0.2) is 30.5 Å². The Kier molecular flexibility index (Phi) is 3.08.